The number of ether oxygens (including phenoxy) is 5. The average molecular weight is 733 g/mol. The Morgan fingerprint density at radius 2 is 1.56 bits per heavy atom. The van der Waals surface area contributed by atoms with Gasteiger partial charge in [-0.15, -0.1) is 0 Å². The monoisotopic (exact) mass is 732 g/mol. The van der Waals surface area contributed by atoms with Gasteiger partial charge in [-0.05, 0) is 110 Å². The predicted molar refractivity (Wildman–Crippen MR) is 185 cm³/mol. The molecule has 9 rings (SSSR count). The number of allylic oxidation sites excluding steroid dienone is 3. The number of rotatable bonds is 5. The molecule has 0 aromatic heterocycles. The zero-order valence-electron chi connectivity index (χ0n) is 31.7. The normalized spacial score (nSPS) is 56.4. The molecule has 0 radical (unpaired) electrons. The van der Waals surface area contributed by atoms with Crippen molar-refractivity contribution in [3.63, 3.8) is 0 Å². The van der Waals surface area contributed by atoms with Crippen LogP contribution in [-0.2, 0) is 28.5 Å². The minimum atomic E-state index is -1.47. The summed E-state index contributed by atoms with van der Waals surface area (Å²) in [5, 5.41) is 64.2. The Morgan fingerprint density at radius 3 is 2.23 bits per heavy atom. The van der Waals surface area contributed by atoms with Crippen molar-refractivity contribution < 1.29 is 59.1 Å². The van der Waals surface area contributed by atoms with Gasteiger partial charge in [0.15, 0.2) is 12.6 Å². The second-order valence-corrected chi connectivity index (χ2v) is 19.3. The minimum Gasteiger partial charge on any atom is -0.455 e. The number of esters is 1. The van der Waals surface area contributed by atoms with Crippen molar-refractivity contribution in [1.29, 1.82) is 0 Å². The second kappa shape index (κ2) is 11.8. The predicted octanol–water partition coefficient (Wildman–Crippen LogP) is 2.65. The molecule has 3 saturated carbocycles. The van der Waals surface area contributed by atoms with Crippen molar-refractivity contribution in [1.82, 2.24) is 0 Å². The molecule has 1 spiro atoms. The van der Waals surface area contributed by atoms with E-state index < -0.39 is 72.4 Å². The molecule has 7 fully saturated rings. The van der Waals surface area contributed by atoms with Crippen LogP contribution in [0.2, 0.25) is 0 Å². The fraction of sp³-hybridized carbons (Fsp3) is 0.875. The molecule has 12 heteroatoms. The molecule has 2 bridgehead atoms. The lowest BCUT2D eigenvalue weighted by molar-refractivity contribution is -0.338. The van der Waals surface area contributed by atoms with E-state index in [0.29, 0.717) is 25.7 Å². The Balaban J connectivity index is 1.08. The number of aliphatic hydroxyl groups excluding tert-OH is 5. The number of carbonyl (C=O) groups excluding carboxylic acids is 1. The van der Waals surface area contributed by atoms with Gasteiger partial charge in [-0.1, -0.05) is 46.8 Å². The number of carbonyl (C=O) groups is 1. The summed E-state index contributed by atoms with van der Waals surface area (Å²) < 4.78 is 30.2. The Kier molecular flexibility index (Phi) is 8.49. The molecule has 5 aliphatic carbocycles. The molecule has 17 atom stereocenters. The van der Waals surface area contributed by atoms with Crippen LogP contribution >= 0.6 is 0 Å². The Hall–Kier alpha value is -1.45. The van der Waals surface area contributed by atoms with Crippen molar-refractivity contribution >= 4 is 5.97 Å². The number of aliphatic hydroxyl groups is 6. The molecule has 6 N–H and O–H groups in total. The smallest absolute Gasteiger partial charge is 0.317 e. The zero-order valence-corrected chi connectivity index (χ0v) is 31.7. The van der Waals surface area contributed by atoms with Crippen LogP contribution in [0.4, 0.5) is 0 Å². The van der Waals surface area contributed by atoms with Gasteiger partial charge in [0, 0.05) is 0 Å². The molecular weight excluding hydrogens is 672 g/mol. The van der Waals surface area contributed by atoms with Gasteiger partial charge in [0.1, 0.15) is 47.8 Å². The molecule has 0 amide bonds. The minimum absolute atomic E-state index is 0.0868. The summed E-state index contributed by atoms with van der Waals surface area (Å²) in [6.45, 7) is 14.8. The quantitative estimate of drug-likeness (QED) is 0.180. The standard InChI is InChI=1S/C40H60O12/c1-34(2)23-10-13-37(5)24(9-8-20-30-39(7,47)38(6)15-17-40(30,33(46)52-38)16-14-36(20,37)4)35(23,3)12-11-25(34)50-32-29(26(43)21(42)19-48-32)51-31-28(45)27(44)22(18-41)49-31/h8-9,21-29,31-32,41-45,47H,10-19H2,1-7H3. The first-order valence-electron chi connectivity index (χ1n) is 19.5. The summed E-state index contributed by atoms with van der Waals surface area (Å²) in [5.41, 5.74) is -1.72. The van der Waals surface area contributed by atoms with E-state index in [2.05, 4.69) is 46.8 Å². The van der Waals surface area contributed by atoms with Crippen LogP contribution < -0.4 is 0 Å². The lowest BCUT2D eigenvalue weighted by Crippen LogP contribution is -2.71. The van der Waals surface area contributed by atoms with Crippen molar-refractivity contribution in [3.05, 3.63) is 23.3 Å². The Labute approximate surface area is 306 Å². The first kappa shape index (κ1) is 37.5. The summed E-state index contributed by atoms with van der Waals surface area (Å²) in [7, 11) is 0. The maximum atomic E-state index is 13.6. The molecule has 4 saturated heterocycles. The number of hydrogen-bond donors (Lipinski definition) is 6. The second-order valence-electron chi connectivity index (χ2n) is 19.3. The fourth-order valence-corrected chi connectivity index (χ4v) is 13.1. The fourth-order valence-electron chi connectivity index (χ4n) is 13.1. The van der Waals surface area contributed by atoms with Crippen LogP contribution in [0.3, 0.4) is 0 Å². The summed E-state index contributed by atoms with van der Waals surface area (Å²) in [5.74, 6) is 0.321. The van der Waals surface area contributed by atoms with Gasteiger partial charge < -0.3 is 54.3 Å². The molecule has 12 nitrogen and oxygen atoms in total. The van der Waals surface area contributed by atoms with Crippen LogP contribution in [-0.4, -0.2) is 116 Å². The van der Waals surface area contributed by atoms with Crippen molar-refractivity contribution in [2.75, 3.05) is 13.2 Å². The van der Waals surface area contributed by atoms with Gasteiger partial charge in [-0.3, -0.25) is 4.79 Å². The number of fused-ring (bicyclic) bond motifs is 7. The van der Waals surface area contributed by atoms with Gasteiger partial charge in [-0.25, -0.2) is 0 Å². The zero-order chi connectivity index (χ0) is 37.6. The molecule has 52 heavy (non-hydrogen) atoms. The highest BCUT2D eigenvalue weighted by molar-refractivity contribution is 5.86. The van der Waals surface area contributed by atoms with Gasteiger partial charge in [0.05, 0.1) is 24.7 Å². The third-order valence-corrected chi connectivity index (χ3v) is 16.7. The maximum Gasteiger partial charge on any atom is 0.317 e. The van der Waals surface area contributed by atoms with E-state index >= 15 is 0 Å². The van der Waals surface area contributed by atoms with Crippen molar-refractivity contribution in [2.45, 2.75) is 166 Å². The molecule has 17 unspecified atom stereocenters. The topological polar surface area (TPSA) is 185 Å². The van der Waals surface area contributed by atoms with Gasteiger partial charge in [-0.2, -0.15) is 0 Å². The Bertz CT molecular complexity index is 1540. The third-order valence-electron chi connectivity index (χ3n) is 16.7. The summed E-state index contributed by atoms with van der Waals surface area (Å²) in [6, 6.07) is 0. The first-order valence-corrected chi connectivity index (χ1v) is 19.5. The molecule has 4 aliphatic heterocycles. The molecular formula is C40H60O12. The van der Waals surface area contributed by atoms with Crippen LogP contribution in [0, 0.1) is 38.9 Å². The van der Waals surface area contributed by atoms with E-state index in [4.69, 9.17) is 23.7 Å². The highest BCUT2D eigenvalue weighted by Gasteiger charge is 2.73. The highest BCUT2D eigenvalue weighted by Crippen LogP contribution is 2.75. The van der Waals surface area contributed by atoms with E-state index in [-0.39, 0.29) is 52.2 Å². The van der Waals surface area contributed by atoms with Gasteiger partial charge >= 0.3 is 5.97 Å². The molecule has 0 aromatic carbocycles. The number of hydrogen-bond acceptors (Lipinski definition) is 12. The van der Waals surface area contributed by atoms with Crippen LogP contribution in [0.15, 0.2) is 23.3 Å². The lowest BCUT2D eigenvalue weighted by atomic mass is 9.35. The maximum absolute atomic E-state index is 13.6. The van der Waals surface area contributed by atoms with E-state index in [1.165, 1.54) is 0 Å². The summed E-state index contributed by atoms with van der Waals surface area (Å²) in [6.07, 6.45) is 0.567. The van der Waals surface area contributed by atoms with Crippen molar-refractivity contribution in [2.24, 2.45) is 38.9 Å². The lowest BCUT2D eigenvalue weighted by Gasteiger charge is -2.71. The molecule has 9 aliphatic rings. The van der Waals surface area contributed by atoms with E-state index in [1.807, 2.05) is 13.8 Å². The van der Waals surface area contributed by atoms with E-state index in [9.17, 15) is 35.4 Å². The van der Waals surface area contributed by atoms with Crippen molar-refractivity contribution in [3.8, 4) is 0 Å². The third kappa shape index (κ3) is 4.66. The van der Waals surface area contributed by atoms with E-state index in [1.54, 1.807) is 0 Å². The molecule has 292 valence electrons. The summed E-state index contributed by atoms with van der Waals surface area (Å²) in [4.78, 5) is 13.6. The average Bonchev–Trinajstić information content (AvgIpc) is 3.35. The molecule has 0 aromatic rings. The van der Waals surface area contributed by atoms with E-state index in [0.717, 1.165) is 36.8 Å². The van der Waals surface area contributed by atoms with Crippen LogP contribution in [0.25, 0.3) is 0 Å². The first-order chi connectivity index (χ1) is 24.2. The van der Waals surface area contributed by atoms with Gasteiger partial charge in [0.2, 0.25) is 0 Å². The van der Waals surface area contributed by atoms with Crippen LogP contribution in [0.1, 0.15) is 99.8 Å². The highest BCUT2D eigenvalue weighted by atomic mass is 16.8. The van der Waals surface area contributed by atoms with Gasteiger partial charge in [0.25, 0.3) is 0 Å². The Morgan fingerprint density at radius 1 is 0.846 bits per heavy atom. The largest absolute Gasteiger partial charge is 0.455 e. The molecule has 4 heterocycles. The summed E-state index contributed by atoms with van der Waals surface area (Å²) >= 11 is 0. The SMILES string of the molecule is CC1(C)C(OC2OCC(O)C(O)C2OC2OC(CO)C(O)C2O)CCC2(C)C1CCC1(C)C2C=CC2=C3C4(CCC(C)(OC4=O)C3(C)O)CCC21C. The van der Waals surface area contributed by atoms with Crippen LogP contribution in [0.5, 0.6) is 0 Å².